The Morgan fingerprint density at radius 1 is 0.862 bits per heavy atom. The van der Waals surface area contributed by atoms with Crippen molar-refractivity contribution >= 4 is 27.3 Å². The number of hydrogen-bond donors (Lipinski definition) is 2. The molecule has 0 fully saturated rings. The Balaban J connectivity index is 1.64. The quantitative estimate of drug-likeness (QED) is 0.571. The van der Waals surface area contributed by atoms with Crippen LogP contribution in [-0.2, 0) is 10.0 Å². The van der Waals surface area contributed by atoms with Gasteiger partial charge in [0.2, 0.25) is 0 Å². The van der Waals surface area contributed by atoms with E-state index in [9.17, 15) is 13.2 Å². The standard InChI is InChI=1S/C22H22N2O4S/c1-2-16-28-20-12-8-17(9-13-20)22(25)23-18-10-14-21(15-11-18)29(26,27)24-19-6-4-3-5-7-19/h3-15,24H,2,16H2,1H3,(H,23,25). The van der Waals surface area contributed by atoms with Gasteiger partial charge in [-0.15, -0.1) is 0 Å². The van der Waals surface area contributed by atoms with Crippen molar-refractivity contribution in [2.24, 2.45) is 0 Å². The van der Waals surface area contributed by atoms with Crippen molar-refractivity contribution in [3.8, 4) is 5.75 Å². The minimum atomic E-state index is -3.70. The fraction of sp³-hybridized carbons (Fsp3) is 0.136. The Morgan fingerprint density at radius 3 is 2.14 bits per heavy atom. The number of amides is 1. The Kier molecular flexibility index (Phi) is 6.51. The molecule has 0 bridgehead atoms. The highest BCUT2D eigenvalue weighted by Crippen LogP contribution is 2.19. The average Bonchev–Trinajstić information content (AvgIpc) is 2.73. The second-order valence-corrected chi connectivity index (χ2v) is 8.01. The molecule has 0 saturated heterocycles. The summed E-state index contributed by atoms with van der Waals surface area (Å²) in [6.07, 6.45) is 0.912. The van der Waals surface area contributed by atoms with E-state index in [0.29, 0.717) is 29.3 Å². The molecule has 29 heavy (non-hydrogen) atoms. The molecule has 0 aromatic heterocycles. The number of ether oxygens (including phenoxy) is 1. The molecule has 3 rings (SSSR count). The summed E-state index contributed by atoms with van der Waals surface area (Å²) in [7, 11) is -3.70. The molecule has 0 atom stereocenters. The molecule has 0 spiro atoms. The van der Waals surface area contributed by atoms with Crippen molar-refractivity contribution in [3.05, 3.63) is 84.4 Å². The summed E-state index contributed by atoms with van der Waals surface area (Å²) in [5.41, 5.74) is 1.47. The van der Waals surface area contributed by atoms with Gasteiger partial charge in [-0.3, -0.25) is 9.52 Å². The molecule has 0 saturated carbocycles. The Hall–Kier alpha value is -3.32. The number of benzene rings is 3. The molecule has 1 amide bonds. The zero-order valence-electron chi connectivity index (χ0n) is 16.0. The number of para-hydroxylation sites is 1. The number of hydrogen-bond acceptors (Lipinski definition) is 4. The van der Waals surface area contributed by atoms with Crippen LogP contribution in [0.5, 0.6) is 5.75 Å². The molecule has 3 aromatic rings. The summed E-state index contributed by atoms with van der Waals surface area (Å²) in [5, 5.41) is 2.75. The highest BCUT2D eigenvalue weighted by molar-refractivity contribution is 7.92. The van der Waals surface area contributed by atoms with Crippen LogP contribution in [0.1, 0.15) is 23.7 Å². The minimum Gasteiger partial charge on any atom is -0.494 e. The Labute approximate surface area is 170 Å². The lowest BCUT2D eigenvalue weighted by Gasteiger charge is -2.10. The van der Waals surface area contributed by atoms with Crippen LogP contribution >= 0.6 is 0 Å². The summed E-state index contributed by atoms with van der Waals surface area (Å²) in [4.78, 5) is 12.5. The Bertz CT molecular complexity index is 1050. The maximum atomic E-state index is 12.5. The minimum absolute atomic E-state index is 0.108. The third kappa shape index (κ3) is 5.58. The molecule has 3 aromatic carbocycles. The van der Waals surface area contributed by atoms with E-state index in [-0.39, 0.29) is 10.8 Å². The van der Waals surface area contributed by atoms with Gasteiger partial charge in [-0.05, 0) is 67.1 Å². The van der Waals surface area contributed by atoms with Crippen LogP contribution in [0.3, 0.4) is 0 Å². The lowest BCUT2D eigenvalue weighted by Crippen LogP contribution is -2.14. The lowest BCUT2D eigenvalue weighted by atomic mass is 10.2. The zero-order valence-corrected chi connectivity index (χ0v) is 16.8. The van der Waals surface area contributed by atoms with Crippen molar-refractivity contribution in [1.82, 2.24) is 0 Å². The van der Waals surface area contributed by atoms with Crippen molar-refractivity contribution in [2.45, 2.75) is 18.2 Å². The molecule has 0 aliphatic rings. The number of nitrogens with one attached hydrogen (secondary N) is 2. The number of rotatable bonds is 8. The topological polar surface area (TPSA) is 84.5 Å². The van der Waals surface area contributed by atoms with Gasteiger partial charge in [0.25, 0.3) is 15.9 Å². The van der Waals surface area contributed by atoms with Gasteiger partial charge in [0.05, 0.1) is 11.5 Å². The first-order chi connectivity index (χ1) is 14.0. The fourth-order valence-corrected chi connectivity index (χ4v) is 3.62. The van der Waals surface area contributed by atoms with E-state index < -0.39 is 10.0 Å². The SMILES string of the molecule is CCCOc1ccc(C(=O)Nc2ccc(S(=O)(=O)Nc3ccccc3)cc2)cc1. The second-order valence-electron chi connectivity index (χ2n) is 6.32. The third-order valence-corrected chi connectivity index (χ3v) is 5.44. The van der Waals surface area contributed by atoms with Gasteiger partial charge in [-0.25, -0.2) is 8.42 Å². The van der Waals surface area contributed by atoms with Crippen LogP contribution in [-0.4, -0.2) is 20.9 Å². The number of carbonyl (C=O) groups excluding carboxylic acids is 1. The summed E-state index contributed by atoms with van der Waals surface area (Å²) in [6.45, 7) is 2.65. The van der Waals surface area contributed by atoms with E-state index in [1.165, 1.54) is 12.1 Å². The van der Waals surface area contributed by atoms with Gasteiger partial charge < -0.3 is 10.1 Å². The number of carbonyl (C=O) groups is 1. The van der Waals surface area contributed by atoms with Crippen LogP contribution in [0.4, 0.5) is 11.4 Å². The molecule has 0 unspecified atom stereocenters. The van der Waals surface area contributed by atoms with E-state index in [0.717, 1.165) is 6.42 Å². The van der Waals surface area contributed by atoms with Crippen LogP contribution < -0.4 is 14.8 Å². The molecule has 0 radical (unpaired) electrons. The molecule has 2 N–H and O–H groups in total. The van der Waals surface area contributed by atoms with Gasteiger partial charge in [0.15, 0.2) is 0 Å². The molecule has 6 nitrogen and oxygen atoms in total. The van der Waals surface area contributed by atoms with Gasteiger partial charge >= 0.3 is 0 Å². The molecule has 0 heterocycles. The van der Waals surface area contributed by atoms with E-state index in [1.807, 2.05) is 6.92 Å². The number of sulfonamides is 1. The summed E-state index contributed by atoms with van der Waals surface area (Å²) in [5.74, 6) is 0.425. The highest BCUT2D eigenvalue weighted by Gasteiger charge is 2.14. The molecule has 0 aliphatic carbocycles. The van der Waals surface area contributed by atoms with Crippen molar-refractivity contribution in [1.29, 1.82) is 0 Å². The highest BCUT2D eigenvalue weighted by atomic mass is 32.2. The normalized spacial score (nSPS) is 10.9. The first-order valence-corrected chi connectivity index (χ1v) is 10.7. The zero-order chi connectivity index (χ0) is 20.7. The van der Waals surface area contributed by atoms with E-state index >= 15 is 0 Å². The van der Waals surface area contributed by atoms with E-state index in [4.69, 9.17) is 4.74 Å². The first-order valence-electron chi connectivity index (χ1n) is 9.20. The van der Waals surface area contributed by atoms with Gasteiger partial charge in [0, 0.05) is 16.9 Å². The molecular weight excluding hydrogens is 388 g/mol. The third-order valence-electron chi connectivity index (χ3n) is 4.04. The first kappa shape index (κ1) is 20.4. The fourth-order valence-electron chi connectivity index (χ4n) is 2.56. The predicted octanol–water partition coefficient (Wildman–Crippen LogP) is 4.53. The maximum Gasteiger partial charge on any atom is 0.261 e. The molecule has 0 aliphatic heterocycles. The van der Waals surface area contributed by atoms with Crippen molar-refractivity contribution in [2.75, 3.05) is 16.6 Å². The average molecular weight is 410 g/mol. The lowest BCUT2D eigenvalue weighted by molar-refractivity contribution is 0.102. The van der Waals surface area contributed by atoms with Gasteiger partial charge in [0.1, 0.15) is 5.75 Å². The number of anilines is 2. The summed E-state index contributed by atoms with van der Waals surface area (Å²) in [6, 6.07) is 21.5. The van der Waals surface area contributed by atoms with Crippen molar-refractivity contribution < 1.29 is 17.9 Å². The van der Waals surface area contributed by atoms with Crippen LogP contribution in [0.2, 0.25) is 0 Å². The maximum absolute atomic E-state index is 12.5. The van der Waals surface area contributed by atoms with E-state index in [2.05, 4.69) is 10.0 Å². The van der Waals surface area contributed by atoms with Crippen molar-refractivity contribution in [3.63, 3.8) is 0 Å². The molecule has 7 heteroatoms. The molecular formula is C22H22N2O4S. The smallest absolute Gasteiger partial charge is 0.261 e. The summed E-state index contributed by atoms with van der Waals surface area (Å²) >= 11 is 0. The summed E-state index contributed by atoms with van der Waals surface area (Å²) < 4.78 is 32.9. The van der Waals surface area contributed by atoms with Crippen LogP contribution in [0.25, 0.3) is 0 Å². The van der Waals surface area contributed by atoms with Crippen LogP contribution in [0, 0.1) is 0 Å². The molecule has 150 valence electrons. The monoisotopic (exact) mass is 410 g/mol. The van der Waals surface area contributed by atoms with Gasteiger partial charge in [-0.1, -0.05) is 25.1 Å². The Morgan fingerprint density at radius 2 is 1.52 bits per heavy atom. The second kappa shape index (κ2) is 9.25. The van der Waals surface area contributed by atoms with E-state index in [1.54, 1.807) is 66.7 Å². The largest absolute Gasteiger partial charge is 0.494 e. The van der Waals surface area contributed by atoms with Crippen LogP contribution in [0.15, 0.2) is 83.8 Å². The van der Waals surface area contributed by atoms with Gasteiger partial charge in [-0.2, -0.15) is 0 Å². The predicted molar refractivity (Wildman–Crippen MR) is 114 cm³/mol.